The Bertz CT molecular complexity index is 726. The third kappa shape index (κ3) is 5.95. The molecule has 0 saturated heterocycles. The van der Waals surface area contributed by atoms with Gasteiger partial charge in [0.25, 0.3) is 0 Å². The summed E-state index contributed by atoms with van der Waals surface area (Å²) >= 11 is 0. The second kappa shape index (κ2) is 10.6. The zero-order chi connectivity index (χ0) is 16.4. The van der Waals surface area contributed by atoms with Crippen molar-refractivity contribution >= 4 is 0 Å². The molecular formula is C23H25Cl2Zr. The summed E-state index contributed by atoms with van der Waals surface area (Å²) in [6.45, 7) is 8.97. The van der Waals surface area contributed by atoms with Crippen LogP contribution in [0.4, 0.5) is 0 Å². The third-order valence-electron chi connectivity index (χ3n) is 4.50. The molecule has 0 saturated carbocycles. The van der Waals surface area contributed by atoms with Gasteiger partial charge in [-0.05, 0) is 23.3 Å². The molecule has 0 heterocycles. The average Bonchev–Trinajstić information content (AvgIpc) is 3.11. The van der Waals surface area contributed by atoms with E-state index in [2.05, 4.69) is 88.4 Å². The quantitative estimate of drug-likeness (QED) is 0.419. The Balaban J connectivity index is 0.000000445. The SMILES string of the molecule is CC1C=CC(C(C)(C)C)=C1.[Cl-].[Cl-].[Zr+3].[c-]1cccc2c1Cc1ccccc1-2. The van der Waals surface area contributed by atoms with Crippen LogP contribution in [0.2, 0.25) is 0 Å². The van der Waals surface area contributed by atoms with Gasteiger partial charge in [0.15, 0.2) is 0 Å². The Kier molecular flexibility index (Phi) is 10.4. The molecule has 2 aromatic carbocycles. The van der Waals surface area contributed by atoms with E-state index < -0.39 is 0 Å². The molecule has 1 unspecified atom stereocenters. The first-order valence-corrected chi connectivity index (χ1v) is 8.43. The van der Waals surface area contributed by atoms with Crippen LogP contribution >= 0.6 is 0 Å². The zero-order valence-electron chi connectivity index (χ0n) is 15.8. The minimum Gasteiger partial charge on any atom is -1.00 e. The molecule has 0 spiro atoms. The molecule has 0 fully saturated rings. The van der Waals surface area contributed by atoms with E-state index in [1.165, 1.54) is 27.8 Å². The zero-order valence-corrected chi connectivity index (χ0v) is 19.8. The summed E-state index contributed by atoms with van der Waals surface area (Å²) in [7, 11) is 0. The van der Waals surface area contributed by atoms with Crippen molar-refractivity contribution in [3.63, 3.8) is 0 Å². The fourth-order valence-corrected chi connectivity index (χ4v) is 3.15. The minimum absolute atomic E-state index is 0. The van der Waals surface area contributed by atoms with Crippen molar-refractivity contribution in [2.45, 2.75) is 34.1 Å². The number of hydrogen-bond donors (Lipinski definition) is 0. The van der Waals surface area contributed by atoms with Gasteiger partial charge in [-0.2, -0.15) is 29.8 Å². The first-order chi connectivity index (χ1) is 10.9. The average molecular weight is 464 g/mol. The molecule has 135 valence electrons. The van der Waals surface area contributed by atoms with Crippen molar-refractivity contribution in [3.8, 4) is 11.1 Å². The molecule has 1 atom stereocenters. The smallest absolute Gasteiger partial charge is 1.00 e. The largest absolute Gasteiger partial charge is 3.00 e. The van der Waals surface area contributed by atoms with Crippen LogP contribution in [-0.2, 0) is 32.6 Å². The van der Waals surface area contributed by atoms with Crippen molar-refractivity contribution in [1.82, 2.24) is 0 Å². The number of hydrogen-bond acceptors (Lipinski definition) is 0. The van der Waals surface area contributed by atoms with Crippen LogP contribution < -0.4 is 24.8 Å². The van der Waals surface area contributed by atoms with Crippen molar-refractivity contribution in [1.29, 1.82) is 0 Å². The summed E-state index contributed by atoms with van der Waals surface area (Å²) < 4.78 is 0. The predicted octanol–water partition coefficient (Wildman–Crippen LogP) is 0.228. The summed E-state index contributed by atoms with van der Waals surface area (Å²) in [6, 6.07) is 18.1. The second-order valence-corrected chi connectivity index (χ2v) is 7.49. The van der Waals surface area contributed by atoms with Gasteiger partial charge in [-0.15, -0.1) is 5.56 Å². The minimum atomic E-state index is 0. The van der Waals surface area contributed by atoms with Crippen LogP contribution in [0.5, 0.6) is 0 Å². The molecule has 0 bridgehead atoms. The summed E-state index contributed by atoms with van der Waals surface area (Å²) in [5, 5.41) is 0. The monoisotopic (exact) mass is 461 g/mol. The molecule has 0 aliphatic heterocycles. The normalized spacial score (nSPS) is 15.8. The maximum absolute atomic E-state index is 3.30. The van der Waals surface area contributed by atoms with Crippen LogP contribution in [-0.4, -0.2) is 0 Å². The molecule has 3 heteroatoms. The van der Waals surface area contributed by atoms with Crippen LogP contribution in [0.3, 0.4) is 0 Å². The van der Waals surface area contributed by atoms with E-state index in [0.717, 1.165) is 6.42 Å². The van der Waals surface area contributed by atoms with Gasteiger partial charge in [0.1, 0.15) is 0 Å². The second-order valence-electron chi connectivity index (χ2n) is 7.49. The van der Waals surface area contributed by atoms with E-state index in [4.69, 9.17) is 0 Å². The predicted molar refractivity (Wildman–Crippen MR) is 99.4 cm³/mol. The van der Waals surface area contributed by atoms with E-state index in [-0.39, 0.29) is 51.0 Å². The number of fused-ring (bicyclic) bond motifs is 3. The van der Waals surface area contributed by atoms with Crippen LogP contribution in [0.1, 0.15) is 38.8 Å². The molecule has 0 aromatic heterocycles. The number of allylic oxidation sites excluding steroid dienone is 4. The van der Waals surface area contributed by atoms with E-state index in [1.54, 1.807) is 0 Å². The van der Waals surface area contributed by atoms with Crippen LogP contribution in [0.25, 0.3) is 11.1 Å². The number of rotatable bonds is 0. The molecule has 2 aliphatic carbocycles. The van der Waals surface area contributed by atoms with Gasteiger partial charge in [0.2, 0.25) is 0 Å². The summed E-state index contributed by atoms with van der Waals surface area (Å²) in [5.74, 6) is 0.647. The van der Waals surface area contributed by atoms with E-state index >= 15 is 0 Å². The van der Waals surface area contributed by atoms with Gasteiger partial charge in [0, 0.05) is 0 Å². The Morgan fingerprint density at radius 1 is 0.962 bits per heavy atom. The summed E-state index contributed by atoms with van der Waals surface area (Å²) in [5.41, 5.74) is 7.32. The molecule has 2 aromatic rings. The molecule has 0 nitrogen and oxygen atoms in total. The Morgan fingerprint density at radius 2 is 1.62 bits per heavy atom. The van der Waals surface area contributed by atoms with Gasteiger partial charge in [-0.25, -0.2) is 0 Å². The Hall–Kier alpha value is -0.617. The van der Waals surface area contributed by atoms with Gasteiger partial charge in [-0.3, -0.25) is 0 Å². The van der Waals surface area contributed by atoms with Crippen LogP contribution in [0, 0.1) is 17.4 Å². The molecule has 4 rings (SSSR count). The Morgan fingerprint density at radius 3 is 2.19 bits per heavy atom. The van der Waals surface area contributed by atoms with E-state index in [1.807, 2.05) is 6.07 Å². The van der Waals surface area contributed by atoms with Crippen LogP contribution in [0.15, 0.2) is 66.3 Å². The molecule has 0 amide bonds. The number of halogens is 2. The van der Waals surface area contributed by atoms with Gasteiger partial charge >= 0.3 is 26.2 Å². The maximum atomic E-state index is 3.30. The van der Waals surface area contributed by atoms with Crippen molar-refractivity contribution in [2.75, 3.05) is 0 Å². The molecule has 2 aliphatic rings. The molecule has 0 N–H and O–H groups in total. The topological polar surface area (TPSA) is 0 Å². The first-order valence-electron chi connectivity index (χ1n) is 8.43. The first kappa shape index (κ1) is 25.4. The third-order valence-corrected chi connectivity index (χ3v) is 4.50. The maximum Gasteiger partial charge on any atom is 3.00 e. The van der Waals surface area contributed by atoms with Gasteiger partial charge in [-0.1, -0.05) is 81.3 Å². The van der Waals surface area contributed by atoms with Crippen molar-refractivity contribution < 1.29 is 51.0 Å². The van der Waals surface area contributed by atoms with Crippen molar-refractivity contribution in [2.24, 2.45) is 11.3 Å². The summed E-state index contributed by atoms with van der Waals surface area (Å²) in [6.07, 6.45) is 7.87. The van der Waals surface area contributed by atoms with Gasteiger partial charge in [0.05, 0.1) is 0 Å². The van der Waals surface area contributed by atoms with Gasteiger partial charge < -0.3 is 24.8 Å². The Labute approximate surface area is 190 Å². The van der Waals surface area contributed by atoms with E-state index in [0.29, 0.717) is 11.3 Å². The van der Waals surface area contributed by atoms with Crippen molar-refractivity contribution in [3.05, 3.63) is 83.5 Å². The fourth-order valence-electron chi connectivity index (χ4n) is 3.15. The standard InChI is InChI=1S/C13H9.C10H16.2ClH.Zr/c1-3-7-12-10(5-1)9-11-6-2-4-8-13(11)12;1-8-5-6-9(7-8)10(2,3)4;;;/h1-5,7-8H,9H2;5-8H,1-4H3;2*1H;/q-1;;;;+3/p-2. The molecule has 26 heavy (non-hydrogen) atoms. The fraction of sp³-hybridized carbons (Fsp3) is 0.304. The molecule has 1 radical (unpaired) electrons. The van der Waals surface area contributed by atoms with E-state index in [9.17, 15) is 0 Å². The summed E-state index contributed by atoms with van der Waals surface area (Å²) in [4.78, 5) is 0. The number of benzene rings is 2. The molecular weight excluding hydrogens is 438 g/mol.